The quantitative estimate of drug-likeness (QED) is 0.0107. The molecule has 1 aliphatic carbocycles. The van der Waals surface area contributed by atoms with Crippen molar-refractivity contribution in [3.8, 4) is 22.5 Å². The third kappa shape index (κ3) is 22.5. The van der Waals surface area contributed by atoms with Crippen LogP contribution in [0.5, 0.6) is 0 Å². The van der Waals surface area contributed by atoms with Crippen molar-refractivity contribution in [1.82, 2.24) is 36.1 Å². The van der Waals surface area contributed by atoms with Crippen LogP contribution in [0.4, 0.5) is 10.5 Å². The van der Waals surface area contributed by atoms with Gasteiger partial charge in [0.15, 0.2) is 0 Å². The Balaban J connectivity index is 1.03. The predicted molar refractivity (Wildman–Crippen MR) is 305 cm³/mol. The van der Waals surface area contributed by atoms with Crippen LogP contribution in [0.1, 0.15) is 72.6 Å². The van der Waals surface area contributed by atoms with E-state index in [-0.39, 0.29) is 126 Å². The molecule has 448 valence electrons. The van der Waals surface area contributed by atoms with E-state index < -0.39 is 11.9 Å². The number of carboxylic acid groups (broad SMARTS) is 1. The van der Waals surface area contributed by atoms with E-state index in [0.717, 1.165) is 36.7 Å². The number of rotatable bonds is 40. The minimum Gasteiger partial charge on any atom is -0.545 e. The van der Waals surface area contributed by atoms with Gasteiger partial charge in [-0.2, -0.15) is 0 Å². The number of fused-ring (bicyclic) bond motifs is 2. The Morgan fingerprint density at radius 1 is 0.707 bits per heavy atom. The van der Waals surface area contributed by atoms with E-state index in [4.69, 9.17) is 38.4 Å². The topological polar surface area (TPSA) is 312 Å². The highest BCUT2D eigenvalue weighted by molar-refractivity contribution is 6.09. The van der Waals surface area contributed by atoms with Gasteiger partial charge in [0.1, 0.15) is 25.4 Å². The van der Waals surface area contributed by atoms with Gasteiger partial charge in [-0.25, -0.2) is 9.37 Å². The Hall–Kier alpha value is -7.38. The summed E-state index contributed by atoms with van der Waals surface area (Å²) in [5.41, 5.74) is 11.2. The molecule has 5 rings (SSSR count). The Morgan fingerprint density at radius 3 is 1.96 bits per heavy atom. The SMILES string of the molecule is C[C@@H]1NC(=O)N[C@@H]1CCCCCC(=O)NCCOCCOCCOCCNC(=O)CCN(CCOCCOCCOCCN=[N+]=[N-])C(=O)CCNC(=O)c1ccc(-c2c3ccc(=[N+](C)C)cc-3oc3cc(N(C)C)ccc23)c(C(=O)[O-])c1. The van der Waals surface area contributed by atoms with Crippen LogP contribution in [0, 0.1) is 0 Å². The lowest BCUT2D eigenvalue weighted by atomic mass is 9.89. The van der Waals surface area contributed by atoms with Crippen LogP contribution in [0.2, 0.25) is 0 Å². The number of nitrogens with one attached hydrogen (secondary N) is 5. The van der Waals surface area contributed by atoms with Crippen LogP contribution < -0.4 is 46.5 Å². The second-order valence-corrected chi connectivity index (χ2v) is 19.8. The maximum Gasteiger partial charge on any atom is 0.315 e. The molecule has 25 heteroatoms. The van der Waals surface area contributed by atoms with Gasteiger partial charge in [-0.05, 0) is 61.2 Å². The number of carbonyl (C=O) groups excluding carboxylic acids is 6. The van der Waals surface area contributed by atoms with Crippen molar-refractivity contribution in [1.29, 1.82) is 0 Å². The molecule has 1 saturated heterocycles. The van der Waals surface area contributed by atoms with Gasteiger partial charge in [-0.15, -0.1) is 0 Å². The molecule has 2 aromatic carbocycles. The third-order valence-electron chi connectivity index (χ3n) is 13.3. The Morgan fingerprint density at radius 2 is 1.34 bits per heavy atom. The number of carboxylic acids is 1. The number of anilines is 1. The second kappa shape index (κ2) is 36.2. The number of ether oxygens (including phenoxy) is 6. The fraction of sp³-hybridized carbons (Fsp3) is 0.561. The lowest BCUT2D eigenvalue weighted by Gasteiger charge is -2.23. The van der Waals surface area contributed by atoms with E-state index in [9.17, 15) is 33.9 Å². The van der Waals surface area contributed by atoms with Gasteiger partial charge >= 0.3 is 6.03 Å². The molecule has 82 heavy (non-hydrogen) atoms. The molecule has 5 N–H and O–H groups in total. The van der Waals surface area contributed by atoms with Crippen molar-refractivity contribution < 1.29 is 66.7 Å². The van der Waals surface area contributed by atoms with Gasteiger partial charge in [0, 0.05) is 129 Å². The first kappa shape index (κ1) is 65.4. The van der Waals surface area contributed by atoms with Gasteiger partial charge in [-0.3, -0.25) is 19.2 Å². The van der Waals surface area contributed by atoms with E-state index in [2.05, 4.69) is 36.6 Å². The lowest BCUT2D eigenvalue weighted by Crippen LogP contribution is -2.39. The summed E-state index contributed by atoms with van der Waals surface area (Å²) in [7, 11) is 7.64. The number of hydrogen-bond acceptors (Lipinski definition) is 16. The molecule has 2 aromatic rings. The van der Waals surface area contributed by atoms with Crippen molar-refractivity contribution >= 4 is 52.3 Å². The Labute approximate surface area is 478 Å². The predicted octanol–water partition coefficient (Wildman–Crippen LogP) is 2.67. The molecule has 1 fully saturated rings. The molecular weight excluding hydrogens is 1060 g/mol. The minimum absolute atomic E-state index is 0.0132. The second-order valence-electron chi connectivity index (χ2n) is 19.8. The van der Waals surface area contributed by atoms with Gasteiger partial charge in [0.2, 0.25) is 23.1 Å². The van der Waals surface area contributed by atoms with Crippen molar-refractivity contribution in [2.45, 2.75) is 64.0 Å². The van der Waals surface area contributed by atoms with E-state index in [1.807, 2.05) is 81.0 Å². The molecule has 3 aliphatic rings. The summed E-state index contributed by atoms with van der Waals surface area (Å²) in [6, 6.07) is 15.9. The molecule has 0 saturated carbocycles. The summed E-state index contributed by atoms with van der Waals surface area (Å²) in [5.74, 6) is -2.21. The van der Waals surface area contributed by atoms with Crippen LogP contribution in [-0.4, -0.2) is 199 Å². The minimum atomic E-state index is -1.48. The van der Waals surface area contributed by atoms with Crippen LogP contribution in [-0.2, 0) is 42.8 Å². The van der Waals surface area contributed by atoms with Gasteiger partial charge in [0.25, 0.3) is 5.91 Å². The molecule has 0 bridgehead atoms. The first-order valence-electron chi connectivity index (χ1n) is 27.8. The smallest absolute Gasteiger partial charge is 0.315 e. The number of urea groups is 1. The molecule has 2 aliphatic heterocycles. The summed E-state index contributed by atoms with van der Waals surface area (Å²) in [6.07, 6.45) is 3.83. The van der Waals surface area contributed by atoms with Crippen molar-refractivity contribution in [2.24, 2.45) is 5.11 Å². The zero-order valence-electron chi connectivity index (χ0n) is 47.9. The number of carbonyl (C=O) groups is 6. The highest BCUT2D eigenvalue weighted by Crippen LogP contribution is 2.42. The van der Waals surface area contributed by atoms with Gasteiger partial charge < -0.3 is 79.1 Å². The molecular formula is C57H81N11O14. The van der Waals surface area contributed by atoms with Crippen LogP contribution in [0.25, 0.3) is 43.9 Å². The fourth-order valence-corrected chi connectivity index (χ4v) is 8.83. The summed E-state index contributed by atoms with van der Waals surface area (Å²) in [4.78, 5) is 82.5. The van der Waals surface area contributed by atoms with Crippen LogP contribution >= 0.6 is 0 Å². The molecule has 2 atom stereocenters. The zero-order valence-corrected chi connectivity index (χ0v) is 47.9. The molecule has 0 spiro atoms. The summed E-state index contributed by atoms with van der Waals surface area (Å²) < 4.78 is 41.5. The number of aromatic carboxylic acids is 1. The third-order valence-corrected chi connectivity index (χ3v) is 13.3. The van der Waals surface area contributed by atoms with Crippen molar-refractivity contribution in [2.75, 3.05) is 152 Å². The number of hydrogen-bond donors (Lipinski definition) is 5. The molecule has 2 heterocycles. The van der Waals surface area contributed by atoms with Crippen molar-refractivity contribution in [3.05, 3.63) is 81.5 Å². The average Bonchev–Trinajstić information content (AvgIpc) is 3.77. The lowest BCUT2D eigenvalue weighted by molar-refractivity contribution is -0.255. The van der Waals surface area contributed by atoms with E-state index in [1.54, 1.807) is 6.07 Å². The maximum atomic E-state index is 13.6. The van der Waals surface area contributed by atoms with Crippen LogP contribution in [0.15, 0.2) is 64.1 Å². The number of unbranched alkanes of at least 4 members (excludes halogenated alkanes) is 2. The molecule has 6 amide bonds. The maximum absolute atomic E-state index is 13.6. The van der Waals surface area contributed by atoms with E-state index >= 15 is 0 Å². The summed E-state index contributed by atoms with van der Waals surface area (Å²) in [6.45, 7) is 6.44. The first-order chi connectivity index (χ1) is 39.7. The van der Waals surface area contributed by atoms with Crippen LogP contribution in [0.3, 0.4) is 0 Å². The first-order valence-corrected chi connectivity index (χ1v) is 27.8. The summed E-state index contributed by atoms with van der Waals surface area (Å²) >= 11 is 0. The highest BCUT2D eigenvalue weighted by atomic mass is 16.5. The number of nitrogens with zero attached hydrogens (tertiary/aromatic N) is 6. The zero-order chi connectivity index (χ0) is 59.1. The standard InChI is InChI=1S/C57H81N11O14/c1-40-48(64-57(75)63-40)9-7-6-8-10-51(69)59-20-25-76-29-33-80-34-30-77-26-21-60-52(70)18-23-68(24-28-79-32-36-81-35-31-78-27-22-62-65-58)53(71)17-19-61-55(72)41-11-14-44(47(37-41)56(73)74)54-45-15-12-42(66(2)3)38-49(45)82-50-39-43(67(4)5)13-16-46(50)54/h11-16,37-40,48H,6-10,17-36H2,1-5H3,(H5-,59,60,61,63,64,69,70,72,73,74,75)/t40-,48+/m0/s1. The van der Waals surface area contributed by atoms with Gasteiger partial charge in [0.05, 0.1) is 97.4 Å². The average molecular weight is 1140 g/mol. The molecule has 0 unspecified atom stereocenters. The monoisotopic (exact) mass is 1140 g/mol. The number of azide groups is 1. The van der Waals surface area contributed by atoms with Gasteiger partial charge in [-0.1, -0.05) is 24.0 Å². The fourth-order valence-electron chi connectivity index (χ4n) is 8.83. The highest BCUT2D eigenvalue weighted by Gasteiger charge is 2.27. The molecule has 0 radical (unpaired) electrons. The number of benzene rings is 3. The normalized spacial score (nSPS) is 13.7. The molecule has 25 nitrogen and oxygen atoms in total. The van der Waals surface area contributed by atoms with Crippen molar-refractivity contribution in [3.63, 3.8) is 0 Å². The summed E-state index contributed by atoms with van der Waals surface area (Å²) in [5, 5.41) is 31.9. The van der Waals surface area contributed by atoms with E-state index in [1.165, 1.54) is 17.0 Å². The molecule has 0 aromatic heterocycles. The Kier molecular flexibility index (Phi) is 28.9. The largest absolute Gasteiger partial charge is 0.545 e. The van der Waals surface area contributed by atoms with E-state index in [0.29, 0.717) is 92.6 Å². The Bertz CT molecular complexity index is 2800. The number of amides is 6.